The van der Waals surface area contributed by atoms with Crippen LogP contribution in [-0.2, 0) is 14.6 Å². The minimum atomic E-state index is -2.96. The van der Waals surface area contributed by atoms with Gasteiger partial charge in [-0.2, -0.15) is 0 Å². The highest BCUT2D eigenvalue weighted by Gasteiger charge is 2.39. The van der Waals surface area contributed by atoms with E-state index < -0.39 is 15.7 Å². The summed E-state index contributed by atoms with van der Waals surface area (Å²) in [7, 11) is -2.96. The summed E-state index contributed by atoms with van der Waals surface area (Å²) in [6.07, 6.45) is 0.604. The lowest BCUT2D eigenvalue weighted by molar-refractivity contribution is -0.121. The van der Waals surface area contributed by atoms with E-state index in [1.165, 1.54) is 11.0 Å². The zero-order chi connectivity index (χ0) is 15.0. The van der Waals surface area contributed by atoms with Crippen LogP contribution in [0.25, 0.3) is 0 Å². The quantitative estimate of drug-likeness (QED) is 0.805. The molecule has 0 N–H and O–H groups in total. The Morgan fingerprint density at radius 1 is 1.10 bits per heavy atom. The molecule has 0 spiro atoms. The molecular weight excluding hydrogens is 295 g/mol. The second-order valence-electron chi connectivity index (χ2n) is 5.43. The first-order valence-electron chi connectivity index (χ1n) is 6.98. The van der Waals surface area contributed by atoms with Gasteiger partial charge in [0.2, 0.25) is 5.91 Å². The maximum atomic E-state index is 13.8. The SMILES string of the molecule is O=C1C(N2CCS(=O)(=O)CC2)CCN1c1ccccc1F. The molecule has 0 radical (unpaired) electrons. The summed E-state index contributed by atoms with van der Waals surface area (Å²) in [6.45, 7) is 1.22. The third kappa shape index (κ3) is 2.80. The normalized spacial score (nSPS) is 26.2. The molecule has 0 bridgehead atoms. The maximum absolute atomic E-state index is 13.8. The largest absolute Gasteiger partial charge is 0.308 e. The predicted octanol–water partition coefficient (Wildman–Crippen LogP) is 0.661. The first-order chi connectivity index (χ1) is 9.98. The lowest BCUT2D eigenvalue weighted by Gasteiger charge is -2.31. The Morgan fingerprint density at radius 2 is 1.76 bits per heavy atom. The Kier molecular flexibility index (Phi) is 3.71. The Hall–Kier alpha value is -1.47. The van der Waals surface area contributed by atoms with Gasteiger partial charge in [0.15, 0.2) is 9.84 Å². The monoisotopic (exact) mass is 312 g/mol. The molecule has 0 saturated carbocycles. The van der Waals surface area contributed by atoms with Gasteiger partial charge in [-0.05, 0) is 18.6 Å². The van der Waals surface area contributed by atoms with Crippen molar-refractivity contribution in [1.29, 1.82) is 0 Å². The van der Waals surface area contributed by atoms with Crippen LogP contribution >= 0.6 is 0 Å². The smallest absolute Gasteiger partial charge is 0.244 e. The Labute approximate surface area is 123 Å². The number of carbonyl (C=O) groups is 1. The fraction of sp³-hybridized carbons (Fsp3) is 0.500. The zero-order valence-electron chi connectivity index (χ0n) is 11.5. The molecular formula is C14H17FN2O3S. The van der Waals surface area contributed by atoms with Crippen LogP contribution in [0.2, 0.25) is 0 Å². The Bertz CT molecular complexity index is 648. The molecule has 2 heterocycles. The fourth-order valence-corrected chi connectivity index (χ4v) is 4.18. The molecule has 1 atom stereocenters. The summed E-state index contributed by atoms with van der Waals surface area (Å²) in [4.78, 5) is 15.9. The van der Waals surface area contributed by atoms with Crippen molar-refractivity contribution < 1.29 is 17.6 Å². The second-order valence-corrected chi connectivity index (χ2v) is 7.74. The van der Waals surface area contributed by atoms with Gasteiger partial charge in [-0.15, -0.1) is 0 Å². The summed E-state index contributed by atoms with van der Waals surface area (Å²) in [5, 5.41) is 0. The Morgan fingerprint density at radius 3 is 2.43 bits per heavy atom. The highest BCUT2D eigenvalue weighted by molar-refractivity contribution is 7.91. The average Bonchev–Trinajstić information content (AvgIpc) is 2.81. The van der Waals surface area contributed by atoms with Crippen molar-refractivity contribution in [3.8, 4) is 0 Å². The molecule has 114 valence electrons. The number of hydrogen-bond donors (Lipinski definition) is 0. The van der Waals surface area contributed by atoms with E-state index in [1.807, 2.05) is 4.90 Å². The van der Waals surface area contributed by atoms with Crippen LogP contribution in [0.1, 0.15) is 6.42 Å². The van der Waals surface area contributed by atoms with Gasteiger partial charge >= 0.3 is 0 Å². The molecule has 3 rings (SSSR count). The maximum Gasteiger partial charge on any atom is 0.244 e. The van der Waals surface area contributed by atoms with Gasteiger partial charge < -0.3 is 4.90 Å². The molecule has 1 aromatic carbocycles. The van der Waals surface area contributed by atoms with Crippen molar-refractivity contribution in [2.75, 3.05) is 36.0 Å². The molecule has 1 aromatic rings. The van der Waals surface area contributed by atoms with Gasteiger partial charge in [-0.1, -0.05) is 12.1 Å². The molecule has 1 unspecified atom stereocenters. The summed E-state index contributed by atoms with van der Waals surface area (Å²) >= 11 is 0. The third-order valence-corrected chi connectivity index (χ3v) is 5.75. The van der Waals surface area contributed by atoms with E-state index in [9.17, 15) is 17.6 Å². The average molecular weight is 312 g/mol. The number of rotatable bonds is 2. The van der Waals surface area contributed by atoms with Crippen LogP contribution in [0.15, 0.2) is 24.3 Å². The minimum absolute atomic E-state index is 0.0937. The van der Waals surface area contributed by atoms with Crippen molar-refractivity contribution in [1.82, 2.24) is 4.90 Å². The van der Waals surface area contributed by atoms with E-state index in [-0.39, 0.29) is 23.5 Å². The van der Waals surface area contributed by atoms with Crippen molar-refractivity contribution in [3.05, 3.63) is 30.1 Å². The van der Waals surface area contributed by atoms with Crippen LogP contribution in [0.5, 0.6) is 0 Å². The molecule has 2 saturated heterocycles. The molecule has 0 aromatic heterocycles. The van der Waals surface area contributed by atoms with Gasteiger partial charge in [0, 0.05) is 19.6 Å². The van der Waals surface area contributed by atoms with Crippen LogP contribution < -0.4 is 4.90 Å². The van der Waals surface area contributed by atoms with Crippen molar-refractivity contribution in [2.45, 2.75) is 12.5 Å². The minimum Gasteiger partial charge on any atom is -0.308 e. The number of anilines is 1. The lowest BCUT2D eigenvalue weighted by atomic mass is 10.2. The van der Waals surface area contributed by atoms with Crippen LogP contribution in [0, 0.1) is 5.82 Å². The number of amides is 1. The highest BCUT2D eigenvalue weighted by Crippen LogP contribution is 2.27. The summed E-state index contributed by atoms with van der Waals surface area (Å²) < 4.78 is 36.7. The summed E-state index contributed by atoms with van der Waals surface area (Å²) in [6, 6.07) is 5.89. The van der Waals surface area contributed by atoms with E-state index in [2.05, 4.69) is 0 Å². The van der Waals surface area contributed by atoms with E-state index in [0.717, 1.165) is 0 Å². The van der Waals surface area contributed by atoms with Gasteiger partial charge in [0.25, 0.3) is 0 Å². The van der Waals surface area contributed by atoms with Crippen molar-refractivity contribution in [3.63, 3.8) is 0 Å². The van der Waals surface area contributed by atoms with Crippen LogP contribution in [0.3, 0.4) is 0 Å². The molecule has 2 aliphatic heterocycles. The number of nitrogens with zero attached hydrogens (tertiary/aromatic N) is 2. The van der Waals surface area contributed by atoms with Gasteiger partial charge in [0.1, 0.15) is 5.82 Å². The van der Waals surface area contributed by atoms with Gasteiger partial charge in [-0.3, -0.25) is 9.69 Å². The Balaban J connectivity index is 1.74. The van der Waals surface area contributed by atoms with Gasteiger partial charge in [0.05, 0.1) is 23.2 Å². The van der Waals surface area contributed by atoms with Crippen molar-refractivity contribution >= 4 is 21.4 Å². The number of carbonyl (C=O) groups excluding carboxylic acids is 1. The molecule has 5 nitrogen and oxygen atoms in total. The molecule has 7 heteroatoms. The van der Waals surface area contributed by atoms with E-state index >= 15 is 0 Å². The van der Waals surface area contributed by atoms with Crippen LogP contribution in [-0.4, -0.2) is 56.4 Å². The highest BCUT2D eigenvalue weighted by atomic mass is 32.2. The van der Waals surface area contributed by atoms with Gasteiger partial charge in [-0.25, -0.2) is 12.8 Å². The molecule has 2 aliphatic rings. The van der Waals surface area contributed by atoms with E-state index in [1.54, 1.807) is 18.2 Å². The van der Waals surface area contributed by atoms with E-state index in [0.29, 0.717) is 31.7 Å². The number of halogens is 1. The molecule has 0 aliphatic carbocycles. The first-order valence-corrected chi connectivity index (χ1v) is 8.80. The third-order valence-electron chi connectivity index (χ3n) is 4.14. The zero-order valence-corrected chi connectivity index (χ0v) is 12.4. The number of sulfone groups is 1. The van der Waals surface area contributed by atoms with Crippen molar-refractivity contribution in [2.24, 2.45) is 0 Å². The molecule has 21 heavy (non-hydrogen) atoms. The second kappa shape index (κ2) is 5.38. The summed E-state index contributed by atoms with van der Waals surface area (Å²) in [5.41, 5.74) is 0.301. The molecule has 2 fully saturated rings. The first kappa shape index (κ1) is 14.5. The predicted molar refractivity (Wildman–Crippen MR) is 77.4 cm³/mol. The number of para-hydroxylation sites is 1. The standard InChI is InChI=1S/C14H17FN2O3S/c15-11-3-1-2-4-12(11)17-6-5-13(14(17)18)16-7-9-21(19,20)10-8-16/h1-4,13H,5-10H2. The number of benzene rings is 1. The summed E-state index contributed by atoms with van der Waals surface area (Å²) in [5.74, 6) is -0.362. The topological polar surface area (TPSA) is 57.7 Å². The number of hydrogen-bond acceptors (Lipinski definition) is 4. The lowest BCUT2D eigenvalue weighted by Crippen LogP contribution is -2.49. The fourth-order valence-electron chi connectivity index (χ4n) is 2.95. The molecule has 1 amide bonds. The van der Waals surface area contributed by atoms with E-state index in [4.69, 9.17) is 0 Å². The van der Waals surface area contributed by atoms with Crippen LogP contribution in [0.4, 0.5) is 10.1 Å².